The van der Waals surface area contributed by atoms with Crippen molar-refractivity contribution in [3.05, 3.63) is 66.0 Å². The Morgan fingerprint density at radius 3 is 2.64 bits per heavy atom. The SMILES string of the molecule is OCc1ccc(-c2cc3ncnc(NCc4ccc5c(c4)OCO5)c3s2)cc1. The van der Waals surface area contributed by atoms with Crippen molar-refractivity contribution in [2.75, 3.05) is 12.1 Å². The van der Waals surface area contributed by atoms with E-state index in [0.717, 1.165) is 49.1 Å². The van der Waals surface area contributed by atoms with Gasteiger partial charge >= 0.3 is 0 Å². The normalized spacial score (nSPS) is 12.5. The van der Waals surface area contributed by atoms with Crippen LogP contribution in [0.3, 0.4) is 0 Å². The van der Waals surface area contributed by atoms with Crippen molar-refractivity contribution in [1.82, 2.24) is 9.97 Å². The van der Waals surface area contributed by atoms with E-state index >= 15 is 0 Å². The van der Waals surface area contributed by atoms with Gasteiger partial charge in [-0.3, -0.25) is 0 Å². The molecule has 0 atom stereocenters. The van der Waals surface area contributed by atoms with Gasteiger partial charge in [-0.05, 0) is 34.9 Å². The molecule has 0 bridgehead atoms. The molecule has 3 heterocycles. The van der Waals surface area contributed by atoms with Crippen molar-refractivity contribution in [2.45, 2.75) is 13.2 Å². The maximum absolute atomic E-state index is 9.22. The summed E-state index contributed by atoms with van der Waals surface area (Å²) in [6.07, 6.45) is 1.58. The van der Waals surface area contributed by atoms with E-state index in [-0.39, 0.29) is 13.4 Å². The monoisotopic (exact) mass is 391 g/mol. The summed E-state index contributed by atoms with van der Waals surface area (Å²) in [5, 5.41) is 12.6. The summed E-state index contributed by atoms with van der Waals surface area (Å²) in [4.78, 5) is 9.95. The smallest absolute Gasteiger partial charge is 0.231 e. The molecule has 0 radical (unpaired) electrons. The molecular formula is C21H17N3O3S. The average Bonchev–Trinajstić information content (AvgIpc) is 3.39. The number of fused-ring (bicyclic) bond motifs is 2. The molecule has 0 spiro atoms. The lowest BCUT2D eigenvalue weighted by Crippen LogP contribution is -2.01. The van der Waals surface area contributed by atoms with Crippen LogP contribution in [0.2, 0.25) is 0 Å². The summed E-state index contributed by atoms with van der Waals surface area (Å²) in [5.41, 5.74) is 4.00. The highest BCUT2D eigenvalue weighted by atomic mass is 32.1. The number of aromatic nitrogens is 2. The molecule has 2 N–H and O–H groups in total. The third-order valence-corrected chi connectivity index (χ3v) is 5.81. The zero-order chi connectivity index (χ0) is 18.9. The fourth-order valence-corrected chi connectivity index (χ4v) is 4.22. The van der Waals surface area contributed by atoms with Gasteiger partial charge in [0.1, 0.15) is 12.1 Å². The number of ether oxygens (including phenoxy) is 2. The lowest BCUT2D eigenvalue weighted by Gasteiger charge is -2.07. The largest absolute Gasteiger partial charge is 0.454 e. The zero-order valence-corrected chi connectivity index (χ0v) is 15.7. The second-order valence-electron chi connectivity index (χ2n) is 6.44. The van der Waals surface area contributed by atoms with E-state index in [1.807, 2.05) is 42.5 Å². The third-order valence-electron chi connectivity index (χ3n) is 4.63. The summed E-state index contributed by atoms with van der Waals surface area (Å²) in [6, 6.07) is 15.9. The van der Waals surface area contributed by atoms with E-state index in [1.165, 1.54) is 0 Å². The van der Waals surface area contributed by atoms with E-state index < -0.39 is 0 Å². The predicted molar refractivity (Wildman–Crippen MR) is 109 cm³/mol. The number of nitrogens with zero attached hydrogens (tertiary/aromatic N) is 2. The second-order valence-corrected chi connectivity index (χ2v) is 7.50. The van der Waals surface area contributed by atoms with Crippen LogP contribution in [0.15, 0.2) is 54.9 Å². The Bertz CT molecular complexity index is 1140. The third kappa shape index (κ3) is 3.15. The summed E-state index contributed by atoms with van der Waals surface area (Å²) < 4.78 is 11.8. The number of aliphatic hydroxyl groups excluding tert-OH is 1. The van der Waals surface area contributed by atoms with E-state index in [4.69, 9.17) is 9.47 Å². The van der Waals surface area contributed by atoms with E-state index in [1.54, 1.807) is 17.7 Å². The number of hydrogen-bond acceptors (Lipinski definition) is 7. The molecule has 0 saturated heterocycles. The Morgan fingerprint density at radius 2 is 1.79 bits per heavy atom. The maximum Gasteiger partial charge on any atom is 0.231 e. The van der Waals surface area contributed by atoms with E-state index in [0.29, 0.717) is 6.54 Å². The van der Waals surface area contributed by atoms with Gasteiger partial charge < -0.3 is 19.9 Å². The van der Waals surface area contributed by atoms with Crippen LogP contribution in [0.1, 0.15) is 11.1 Å². The van der Waals surface area contributed by atoms with Crippen molar-refractivity contribution < 1.29 is 14.6 Å². The standard InChI is InChI=1S/C21H17N3O3S/c25-10-13-1-4-15(5-2-13)19-8-16-20(28-19)21(24-11-23-16)22-9-14-3-6-17-18(7-14)27-12-26-17/h1-8,11,25H,9-10,12H2,(H,22,23,24). The second kappa shape index (κ2) is 7.10. The van der Waals surface area contributed by atoms with Gasteiger partial charge in [0.15, 0.2) is 11.5 Å². The van der Waals surface area contributed by atoms with Gasteiger partial charge in [-0.25, -0.2) is 9.97 Å². The van der Waals surface area contributed by atoms with Gasteiger partial charge in [0.05, 0.1) is 16.8 Å². The lowest BCUT2D eigenvalue weighted by molar-refractivity contribution is 0.174. The van der Waals surface area contributed by atoms with Crippen molar-refractivity contribution in [1.29, 1.82) is 0 Å². The molecule has 0 saturated carbocycles. The first-order chi connectivity index (χ1) is 13.8. The minimum atomic E-state index is 0.0477. The number of hydrogen-bond donors (Lipinski definition) is 2. The predicted octanol–water partition coefficient (Wildman–Crippen LogP) is 4.19. The van der Waals surface area contributed by atoms with Gasteiger partial charge in [0.25, 0.3) is 0 Å². The van der Waals surface area contributed by atoms with E-state index in [2.05, 4.69) is 21.4 Å². The first-order valence-corrected chi connectivity index (χ1v) is 9.69. The van der Waals surface area contributed by atoms with Crippen molar-refractivity contribution in [2.24, 2.45) is 0 Å². The molecule has 2 aromatic heterocycles. The van der Waals surface area contributed by atoms with Crippen LogP contribution < -0.4 is 14.8 Å². The van der Waals surface area contributed by atoms with Gasteiger partial charge in [0.2, 0.25) is 6.79 Å². The van der Waals surface area contributed by atoms with Crippen LogP contribution in [0, 0.1) is 0 Å². The molecule has 0 unspecified atom stereocenters. The molecule has 0 fully saturated rings. The molecule has 7 heteroatoms. The topological polar surface area (TPSA) is 76.5 Å². The van der Waals surface area contributed by atoms with Gasteiger partial charge in [0, 0.05) is 11.4 Å². The molecule has 0 aliphatic carbocycles. The minimum absolute atomic E-state index is 0.0477. The van der Waals surface area contributed by atoms with Crippen LogP contribution in [0.5, 0.6) is 11.5 Å². The van der Waals surface area contributed by atoms with Crippen LogP contribution in [-0.2, 0) is 13.2 Å². The number of aliphatic hydroxyl groups is 1. The summed E-state index contributed by atoms with van der Waals surface area (Å²) in [6.45, 7) is 0.948. The van der Waals surface area contributed by atoms with Gasteiger partial charge in [-0.15, -0.1) is 11.3 Å². The Morgan fingerprint density at radius 1 is 0.964 bits per heavy atom. The summed E-state index contributed by atoms with van der Waals surface area (Å²) in [7, 11) is 0. The van der Waals surface area contributed by atoms with Crippen LogP contribution >= 0.6 is 11.3 Å². The highest BCUT2D eigenvalue weighted by molar-refractivity contribution is 7.22. The molecule has 140 valence electrons. The fourth-order valence-electron chi connectivity index (χ4n) is 3.13. The molecule has 28 heavy (non-hydrogen) atoms. The molecule has 1 aliphatic heterocycles. The lowest BCUT2D eigenvalue weighted by atomic mass is 10.1. The first kappa shape index (κ1) is 17.0. The number of thiophene rings is 1. The highest BCUT2D eigenvalue weighted by Gasteiger charge is 2.14. The maximum atomic E-state index is 9.22. The quantitative estimate of drug-likeness (QED) is 0.531. The number of nitrogens with one attached hydrogen (secondary N) is 1. The van der Waals surface area contributed by atoms with Gasteiger partial charge in [-0.2, -0.15) is 0 Å². The molecule has 0 amide bonds. The van der Waals surface area contributed by atoms with Crippen molar-refractivity contribution in [3.8, 4) is 21.9 Å². The fraction of sp³-hybridized carbons (Fsp3) is 0.143. The first-order valence-electron chi connectivity index (χ1n) is 8.87. The highest BCUT2D eigenvalue weighted by Crippen LogP contribution is 2.36. The number of benzene rings is 2. The molecule has 4 aromatic rings. The average molecular weight is 391 g/mol. The molecule has 1 aliphatic rings. The molecular weight excluding hydrogens is 374 g/mol. The number of rotatable bonds is 5. The Balaban J connectivity index is 1.41. The van der Waals surface area contributed by atoms with Crippen LogP contribution in [0.4, 0.5) is 5.82 Å². The van der Waals surface area contributed by atoms with Crippen molar-refractivity contribution >= 4 is 27.4 Å². The van der Waals surface area contributed by atoms with Crippen molar-refractivity contribution in [3.63, 3.8) is 0 Å². The van der Waals surface area contributed by atoms with Gasteiger partial charge in [-0.1, -0.05) is 30.3 Å². The summed E-state index contributed by atoms with van der Waals surface area (Å²) >= 11 is 1.65. The molecule has 2 aromatic carbocycles. The Labute approximate surface area is 165 Å². The summed E-state index contributed by atoms with van der Waals surface area (Å²) in [5.74, 6) is 2.37. The molecule has 5 rings (SSSR count). The Hall–Kier alpha value is -3.16. The van der Waals surface area contributed by atoms with Crippen LogP contribution in [0.25, 0.3) is 20.7 Å². The minimum Gasteiger partial charge on any atom is -0.454 e. The Kier molecular flexibility index (Phi) is 4.31. The number of anilines is 1. The zero-order valence-electron chi connectivity index (χ0n) is 14.9. The van der Waals surface area contributed by atoms with E-state index in [9.17, 15) is 5.11 Å². The van der Waals surface area contributed by atoms with Crippen LogP contribution in [-0.4, -0.2) is 21.9 Å². The molecule has 6 nitrogen and oxygen atoms in total.